The Labute approximate surface area is 211 Å². The third kappa shape index (κ3) is 5.54. The normalized spacial score (nSPS) is 18.6. The summed E-state index contributed by atoms with van der Waals surface area (Å²) in [6, 6.07) is 9.16. The van der Waals surface area contributed by atoms with E-state index in [9.17, 15) is 22.4 Å². The smallest absolute Gasteiger partial charge is 0.256 e. The summed E-state index contributed by atoms with van der Waals surface area (Å²) in [6.45, 7) is 6.85. The number of piperazine rings is 1. The third-order valence-corrected chi connectivity index (χ3v) is 7.89. The summed E-state index contributed by atoms with van der Waals surface area (Å²) in [7, 11) is -3.50. The maximum atomic E-state index is 14.6. The van der Waals surface area contributed by atoms with Gasteiger partial charge in [-0.3, -0.25) is 9.59 Å². The van der Waals surface area contributed by atoms with Crippen LogP contribution in [0.3, 0.4) is 0 Å². The van der Waals surface area contributed by atoms with E-state index in [1.807, 2.05) is 11.8 Å². The fraction of sp³-hybridized carbons (Fsp3) is 0.462. The highest BCUT2D eigenvalue weighted by Gasteiger charge is 2.30. The minimum atomic E-state index is -3.50. The van der Waals surface area contributed by atoms with Gasteiger partial charge in [-0.1, -0.05) is 0 Å². The Morgan fingerprint density at radius 1 is 1.00 bits per heavy atom. The van der Waals surface area contributed by atoms with E-state index >= 15 is 0 Å². The first kappa shape index (κ1) is 26.1. The molecule has 0 radical (unpaired) electrons. The van der Waals surface area contributed by atoms with Gasteiger partial charge in [0.05, 0.1) is 22.3 Å². The molecule has 1 atom stereocenters. The zero-order valence-electron chi connectivity index (χ0n) is 20.9. The Bertz CT molecular complexity index is 1260. The minimum absolute atomic E-state index is 0.0698. The second-order valence-corrected chi connectivity index (χ2v) is 11.3. The zero-order valence-corrected chi connectivity index (χ0v) is 21.7. The summed E-state index contributed by atoms with van der Waals surface area (Å²) < 4.78 is 44.8. The van der Waals surface area contributed by atoms with E-state index < -0.39 is 15.7 Å². The number of ether oxygens (including phenoxy) is 1. The van der Waals surface area contributed by atoms with E-state index in [0.717, 1.165) is 12.7 Å². The number of ketones is 1. The highest BCUT2D eigenvalue weighted by molar-refractivity contribution is 7.90. The Balaban J connectivity index is 1.54. The predicted molar refractivity (Wildman–Crippen MR) is 136 cm³/mol. The molecule has 0 bridgehead atoms. The van der Waals surface area contributed by atoms with Crippen LogP contribution in [0.5, 0.6) is 0 Å². The van der Waals surface area contributed by atoms with Crippen LogP contribution >= 0.6 is 0 Å². The van der Waals surface area contributed by atoms with Gasteiger partial charge in [-0.15, -0.1) is 0 Å². The first-order valence-corrected chi connectivity index (χ1v) is 14.0. The van der Waals surface area contributed by atoms with Crippen LogP contribution in [-0.2, 0) is 14.6 Å². The number of sulfone groups is 1. The van der Waals surface area contributed by atoms with Gasteiger partial charge < -0.3 is 19.4 Å². The molecule has 2 fully saturated rings. The van der Waals surface area contributed by atoms with Crippen molar-refractivity contribution < 1.29 is 27.1 Å². The van der Waals surface area contributed by atoms with Gasteiger partial charge in [0, 0.05) is 63.4 Å². The van der Waals surface area contributed by atoms with Crippen molar-refractivity contribution >= 4 is 32.9 Å². The molecule has 0 saturated carbocycles. The fourth-order valence-electron chi connectivity index (χ4n) is 4.81. The highest BCUT2D eigenvalue weighted by atomic mass is 32.2. The van der Waals surface area contributed by atoms with Crippen LogP contribution in [0.1, 0.15) is 41.0 Å². The monoisotopic (exact) mass is 517 g/mol. The largest absolute Gasteiger partial charge is 0.377 e. The Morgan fingerprint density at radius 3 is 2.31 bits per heavy atom. The molecule has 0 aromatic heterocycles. The van der Waals surface area contributed by atoms with Gasteiger partial charge in [-0.25, -0.2) is 12.8 Å². The van der Waals surface area contributed by atoms with Crippen LogP contribution < -0.4 is 9.80 Å². The van der Waals surface area contributed by atoms with Crippen molar-refractivity contribution in [3.63, 3.8) is 0 Å². The first-order chi connectivity index (χ1) is 17.1. The molecule has 2 saturated heterocycles. The first-order valence-electron chi connectivity index (χ1n) is 12.1. The van der Waals surface area contributed by atoms with Crippen LogP contribution in [0.25, 0.3) is 0 Å². The summed E-state index contributed by atoms with van der Waals surface area (Å²) in [5.41, 5.74) is 1.76. The number of benzene rings is 2. The standard InChI is InChI=1S/C26H32FN3O5S/c1-4-35-20-9-10-30(17-20)24-8-6-21(36(3,33)34)16-22(24)26(32)29-13-11-28(12-14-29)25-7-5-19(18(2)31)15-23(25)27/h5-8,15-16,20H,4,9-14,17H2,1-3H3. The number of halogens is 1. The van der Waals surface area contributed by atoms with Gasteiger partial charge in [0.1, 0.15) is 5.82 Å². The highest BCUT2D eigenvalue weighted by Crippen LogP contribution is 2.30. The Morgan fingerprint density at radius 2 is 1.69 bits per heavy atom. The van der Waals surface area contributed by atoms with Crippen LogP contribution in [0.15, 0.2) is 41.3 Å². The number of hydrogen-bond acceptors (Lipinski definition) is 7. The number of nitrogens with zero attached hydrogens (tertiary/aromatic N) is 3. The van der Waals surface area contributed by atoms with E-state index in [1.54, 1.807) is 29.2 Å². The maximum Gasteiger partial charge on any atom is 0.256 e. The zero-order chi connectivity index (χ0) is 26.0. The quantitative estimate of drug-likeness (QED) is 0.522. The van der Waals surface area contributed by atoms with Crippen molar-refractivity contribution in [2.45, 2.75) is 31.3 Å². The summed E-state index contributed by atoms with van der Waals surface area (Å²) in [5, 5.41) is 0. The van der Waals surface area contributed by atoms with E-state index in [0.29, 0.717) is 68.4 Å². The SMILES string of the molecule is CCOC1CCN(c2ccc(S(C)(=O)=O)cc2C(=O)N2CCN(c3ccc(C(C)=O)cc3F)CC2)C1. The molecule has 2 aliphatic rings. The molecule has 10 heteroatoms. The van der Waals surface area contributed by atoms with Gasteiger partial charge in [0.2, 0.25) is 0 Å². The van der Waals surface area contributed by atoms with Gasteiger partial charge in [-0.05, 0) is 56.7 Å². The van der Waals surface area contributed by atoms with Crippen molar-refractivity contribution in [2.75, 3.05) is 61.9 Å². The maximum absolute atomic E-state index is 14.6. The molecule has 194 valence electrons. The average Bonchev–Trinajstić information content (AvgIpc) is 3.31. The lowest BCUT2D eigenvalue weighted by atomic mass is 10.1. The average molecular weight is 518 g/mol. The van der Waals surface area contributed by atoms with E-state index in [4.69, 9.17) is 4.74 Å². The molecule has 8 nitrogen and oxygen atoms in total. The molecule has 36 heavy (non-hydrogen) atoms. The van der Waals surface area contributed by atoms with Crippen molar-refractivity contribution in [2.24, 2.45) is 0 Å². The minimum Gasteiger partial charge on any atom is -0.377 e. The van der Waals surface area contributed by atoms with Gasteiger partial charge in [0.15, 0.2) is 15.6 Å². The number of amides is 1. The number of carbonyl (C=O) groups excluding carboxylic acids is 2. The van der Waals surface area contributed by atoms with Gasteiger partial charge >= 0.3 is 0 Å². The van der Waals surface area contributed by atoms with Crippen LogP contribution in [-0.4, -0.2) is 83.2 Å². The Hall–Kier alpha value is -2.98. The van der Waals surface area contributed by atoms with Gasteiger partial charge in [0.25, 0.3) is 5.91 Å². The van der Waals surface area contributed by atoms with Crippen molar-refractivity contribution in [1.29, 1.82) is 0 Å². The fourth-order valence-corrected chi connectivity index (χ4v) is 5.46. The van der Waals surface area contributed by atoms with E-state index in [-0.39, 0.29) is 22.7 Å². The van der Waals surface area contributed by atoms with Crippen LogP contribution in [0, 0.1) is 5.82 Å². The van der Waals surface area contributed by atoms with Crippen molar-refractivity contribution in [1.82, 2.24) is 4.90 Å². The molecule has 2 aliphatic heterocycles. The lowest BCUT2D eigenvalue weighted by Crippen LogP contribution is -2.49. The summed E-state index contributed by atoms with van der Waals surface area (Å²) >= 11 is 0. The summed E-state index contributed by atoms with van der Waals surface area (Å²) in [5.74, 6) is -0.917. The Kier molecular flexibility index (Phi) is 7.65. The van der Waals surface area contributed by atoms with E-state index in [2.05, 4.69) is 4.90 Å². The lowest BCUT2D eigenvalue weighted by molar-refractivity contribution is 0.0744. The molecule has 0 spiro atoms. The molecule has 4 rings (SSSR count). The molecular formula is C26H32FN3O5S. The number of rotatable bonds is 7. The molecular weight excluding hydrogens is 485 g/mol. The number of hydrogen-bond donors (Lipinski definition) is 0. The number of anilines is 2. The molecule has 1 unspecified atom stereocenters. The summed E-state index contributed by atoms with van der Waals surface area (Å²) in [4.78, 5) is 30.9. The van der Waals surface area contributed by atoms with Crippen molar-refractivity contribution in [3.8, 4) is 0 Å². The molecule has 0 aliphatic carbocycles. The molecule has 0 N–H and O–H groups in total. The van der Waals surface area contributed by atoms with Crippen molar-refractivity contribution in [3.05, 3.63) is 53.3 Å². The molecule has 1 amide bonds. The molecule has 2 aromatic rings. The molecule has 2 aromatic carbocycles. The van der Waals surface area contributed by atoms with Crippen LogP contribution in [0.2, 0.25) is 0 Å². The molecule has 2 heterocycles. The predicted octanol–water partition coefficient (Wildman–Crippen LogP) is 3.01. The number of Topliss-reactive ketones (excluding diaryl/α,β-unsaturated/α-hetero) is 1. The van der Waals surface area contributed by atoms with Gasteiger partial charge in [-0.2, -0.15) is 0 Å². The second-order valence-electron chi connectivity index (χ2n) is 9.26. The number of carbonyl (C=O) groups is 2. The van der Waals surface area contributed by atoms with Crippen LogP contribution in [0.4, 0.5) is 15.8 Å². The van der Waals surface area contributed by atoms with E-state index in [1.165, 1.54) is 19.1 Å². The lowest BCUT2D eigenvalue weighted by Gasteiger charge is -2.37. The topological polar surface area (TPSA) is 87.2 Å². The second kappa shape index (κ2) is 10.6. The summed E-state index contributed by atoms with van der Waals surface area (Å²) in [6.07, 6.45) is 2.03. The third-order valence-electron chi connectivity index (χ3n) is 6.78.